The molecule has 0 saturated carbocycles. The molecule has 3 amide bonds. The fourth-order valence-electron chi connectivity index (χ4n) is 7.17. The molecule has 3 saturated heterocycles. The summed E-state index contributed by atoms with van der Waals surface area (Å²) in [6, 6.07) is 7.49. The first-order valence-corrected chi connectivity index (χ1v) is 13.9. The maximum atomic E-state index is 14.6. The average molecular weight is 538 g/mol. The number of hydrogen-bond acceptors (Lipinski definition) is 5. The molecule has 8 heteroatoms. The van der Waals surface area contributed by atoms with E-state index in [9.17, 15) is 19.5 Å². The SMILES string of the molecule is C=CCN(C)C(=O)[C@@H]1[C@H]2C(=O)N([C@H](CO)c3ccccc3)C(C(=O)N(CC=C)C(C)(C)C)C23CC[C@@]1(CC)O3. The predicted octanol–water partition coefficient (Wildman–Crippen LogP) is 3.33. The van der Waals surface area contributed by atoms with E-state index in [1.165, 1.54) is 4.90 Å². The minimum absolute atomic E-state index is 0.177. The summed E-state index contributed by atoms with van der Waals surface area (Å²) < 4.78 is 6.90. The molecule has 2 bridgehead atoms. The van der Waals surface area contributed by atoms with Gasteiger partial charge in [-0.3, -0.25) is 14.4 Å². The van der Waals surface area contributed by atoms with Crippen LogP contribution in [0.4, 0.5) is 0 Å². The Kier molecular flexibility index (Phi) is 7.85. The molecule has 8 nitrogen and oxygen atoms in total. The summed E-state index contributed by atoms with van der Waals surface area (Å²) in [6.07, 6.45) is 4.95. The van der Waals surface area contributed by atoms with Crippen molar-refractivity contribution in [3.05, 3.63) is 61.2 Å². The highest BCUT2D eigenvalue weighted by atomic mass is 16.5. The Bertz CT molecular complexity index is 1130. The van der Waals surface area contributed by atoms with Gasteiger partial charge in [-0.25, -0.2) is 0 Å². The number of aliphatic hydroxyl groups is 1. The predicted molar refractivity (Wildman–Crippen MR) is 149 cm³/mol. The molecule has 3 aliphatic heterocycles. The summed E-state index contributed by atoms with van der Waals surface area (Å²) in [4.78, 5) is 48.0. The zero-order chi connectivity index (χ0) is 28.8. The summed E-state index contributed by atoms with van der Waals surface area (Å²) in [5.41, 5.74) is -1.84. The highest BCUT2D eigenvalue weighted by molar-refractivity contribution is 5.99. The maximum absolute atomic E-state index is 14.6. The Morgan fingerprint density at radius 3 is 2.33 bits per heavy atom. The zero-order valence-electron chi connectivity index (χ0n) is 23.9. The van der Waals surface area contributed by atoms with E-state index in [4.69, 9.17) is 4.74 Å². The smallest absolute Gasteiger partial charge is 0.249 e. The number of rotatable bonds is 10. The third kappa shape index (κ3) is 4.42. The fraction of sp³-hybridized carbons (Fsp3) is 0.581. The molecular formula is C31H43N3O5. The first-order valence-electron chi connectivity index (χ1n) is 13.9. The molecule has 1 spiro atoms. The van der Waals surface area contributed by atoms with Gasteiger partial charge in [0.25, 0.3) is 0 Å². The topological polar surface area (TPSA) is 90.4 Å². The molecule has 3 heterocycles. The van der Waals surface area contributed by atoms with Crippen molar-refractivity contribution in [3.8, 4) is 0 Å². The summed E-state index contributed by atoms with van der Waals surface area (Å²) in [6.45, 7) is 15.7. The van der Waals surface area contributed by atoms with Crippen LogP contribution in [0, 0.1) is 11.8 Å². The van der Waals surface area contributed by atoms with Crippen molar-refractivity contribution < 1.29 is 24.2 Å². The number of ether oxygens (including phenoxy) is 1. The van der Waals surface area contributed by atoms with Crippen molar-refractivity contribution in [2.24, 2.45) is 11.8 Å². The summed E-state index contributed by atoms with van der Waals surface area (Å²) in [5, 5.41) is 10.7. The highest BCUT2D eigenvalue weighted by Gasteiger charge is 2.79. The van der Waals surface area contributed by atoms with Crippen LogP contribution in [0.5, 0.6) is 0 Å². The van der Waals surface area contributed by atoms with Crippen molar-refractivity contribution in [2.75, 3.05) is 26.7 Å². The molecule has 1 aromatic carbocycles. The Morgan fingerprint density at radius 2 is 1.79 bits per heavy atom. The van der Waals surface area contributed by atoms with Crippen LogP contribution in [-0.4, -0.2) is 87.1 Å². The molecule has 0 aromatic heterocycles. The lowest BCUT2D eigenvalue weighted by Crippen LogP contribution is -2.60. The standard InChI is InChI=1S/C31H43N3O5/c1-8-18-32(7)26(36)23-24-27(37)34(22(20-35)21-14-12-11-13-15-21)25(28(38)33(19-9-2)29(4,5)6)31(24)17-16-30(23,10-3)39-31/h8-9,11-15,22-25,35H,1-2,10,16-20H2,3-7H3/t22-,23+,24+,25?,30-,31?/m1/s1. The zero-order valence-corrected chi connectivity index (χ0v) is 23.9. The Hall–Kier alpha value is -2.97. The number of likely N-dealkylation sites (tertiary alicyclic amines) is 1. The second kappa shape index (κ2) is 10.5. The van der Waals surface area contributed by atoms with Gasteiger partial charge in [0.2, 0.25) is 17.7 Å². The van der Waals surface area contributed by atoms with Gasteiger partial charge in [-0.15, -0.1) is 13.2 Å². The van der Waals surface area contributed by atoms with E-state index in [0.29, 0.717) is 32.4 Å². The first-order chi connectivity index (χ1) is 18.4. The molecule has 39 heavy (non-hydrogen) atoms. The van der Waals surface area contributed by atoms with E-state index in [1.807, 2.05) is 58.0 Å². The van der Waals surface area contributed by atoms with Crippen molar-refractivity contribution in [1.82, 2.24) is 14.7 Å². The van der Waals surface area contributed by atoms with Gasteiger partial charge in [0.15, 0.2) is 0 Å². The molecule has 212 valence electrons. The molecular weight excluding hydrogens is 494 g/mol. The first kappa shape index (κ1) is 29.0. The van der Waals surface area contributed by atoms with Crippen molar-refractivity contribution in [1.29, 1.82) is 0 Å². The summed E-state index contributed by atoms with van der Waals surface area (Å²) in [7, 11) is 1.71. The van der Waals surface area contributed by atoms with Gasteiger partial charge in [0, 0.05) is 25.7 Å². The van der Waals surface area contributed by atoms with Gasteiger partial charge >= 0.3 is 0 Å². The second-order valence-electron chi connectivity index (χ2n) is 12.1. The van der Waals surface area contributed by atoms with Crippen LogP contribution in [0.3, 0.4) is 0 Å². The van der Waals surface area contributed by atoms with Gasteiger partial charge in [-0.1, -0.05) is 49.4 Å². The van der Waals surface area contributed by atoms with Crippen molar-refractivity contribution in [2.45, 2.75) is 75.8 Å². The maximum Gasteiger partial charge on any atom is 0.249 e. The number of fused-ring (bicyclic) bond motifs is 1. The van der Waals surface area contributed by atoms with Gasteiger partial charge in [-0.05, 0) is 45.6 Å². The molecule has 1 N–H and O–H groups in total. The van der Waals surface area contributed by atoms with Gasteiger partial charge in [0.1, 0.15) is 11.6 Å². The normalized spacial score (nSPS) is 30.2. The number of likely N-dealkylation sites (N-methyl/N-ethyl adjacent to an activating group) is 1. The van der Waals surface area contributed by atoms with E-state index >= 15 is 0 Å². The largest absolute Gasteiger partial charge is 0.394 e. The highest BCUT2D eigenvalue weighted by Crippen LogP contribution is 2.65. The molecule has 1 aromatic rings. The van der Waals surface area contributed by atoms with Crippen molar-refractivity contribution >= 4 is 17.7 Å². The molecule has 2 unspecified atom stereocenters. The van der Waals surface area contributed by atoms with Crippen LogP contribution in [0.15, 0.2) is 55.6 Å². The molecule has 0 aliphatic carbocycles. The van der Waals surface area contributed by atoms with Crippen LogP contribution in [0.2, 0.25) is 0 Å². The monoisotopic (exact) mass is 537 g/mol. The fourth-order valence-corrected chi connectivity index (χ4v) is 7.17. The second-order valence-corrected chi connectivity index (χ2v) is 12.1. The van der Waals surface area contributed by atoms with E-state index in [-0.39, 0.29) is 24.3 Å². The number of benzene rings is 1. The van der Waals surface area contributed by atoms with E-state index in [0.717, 1.165) is 5.56 Å². The lowest BCUT2D eigenvalue weighted by Gasteiger charge is -2.43. The molecule has 3 fully saturated rings. The number of carbonyl (C=O) groups excluding carboxylic acids is 3. The lowest BCUT2D eigenvalue weighted by atomic mass is 9.64. The lowest BCUT2D eigenvalue weighted by molar-refractivity contribution is -0.160. The number of nitrogens with zero attached hydrogens (tertiary/aromatic N) is 3. The third-order valence-electron chi connectivity index (χ3n) is 8.98. The molecule has 0 radical (unpaired) electrons. The molecule has 4 rings (SSSR count). The van der Waals surface area contributed by atoms with Gasteiger partial charge < -0.3 is 24.5 Å². The number of aliphatic hydroxyl groups excluding tert-OH is 1. The van der Waals surface area contributed by atoms with Crippen molar-refractivity contribution in [3.63, 3.8) is 0 Å². The molecule has 6 atom stereocenters. The van der Waals surface area contributed by atoms with Crippen LogP contribution >= 0.6 is 0 Å². The minimum atomic E-state index is -1.17. The van der Waals surface area contributed by atoms with E-state index in [1.54, 1.807) is 29.0 Å². The van der Waals surface area contributed by atoms with Crippen LogP contribution in [-0.2, 0) is 19.1 Å². The van der Waals surface area contributed by atoms with Gasteiger partial charge in [0.05, 0.1) is 30.1 Å². The average Bonchev–Trinajstić information content (AvgIpc) is 3.51. The van der Waals surface area contributed by atoms with Crippen LogP contribution < -0.4 is 0 Å². The quantitative estimate of drug-likeness (QED) is 0.463. The van der Waals surface area contributed by atoms with E-state index < -0.39 is 40.7 Å². The molecule has 3 aliphatic rings. The summed E-state index contributed by atoms with van der Waals surface area (Å²) >= 11 is 0. The van der Waals surface area contributed by atoms with E-state index in [2.05, 4.69) is 13.2 Å². The van der Waals surface area contributed by atoms with Crippen LogP contribution in [0.1, 0.15) is 58.6 Å². The van der Waals surface area contributed by atoms with Crippen LogP contribution in [0.25, 0.3) is 0 Å². The summed E-state index contributed by atoms with van der Waals surface area (Å²) in [5.74, 6) is -2.31. The Labute approximate surface area is 232 Å². The third-order valence-corrected chi connectivity index (χ3v) is 8.98. The number of hydrogen-bond donors (Lipinski definition) is 1. The number of carbonyl (C=O) groups is 3. The van der Waals surface area contributed by atoms with Gasteiger partial charge in [-0.2, -0.15) is 0 Å². The Balaban J connectivity index is 1.92. The minimum Gasteiger partial charge on any atom is -0.394 e. The Morgan fingerprint density at radius 1 is 1.15 bits per heavy atom. The number of amides is 3.